The van der Waals surface area contributed by atoms with Crippen molar-refractivity contribution in [3.05, 3.63) is 53.2 Å². The summed E-state index contributed by atoms with van der Waals surface area (Å²) in [7, 11) is 7.54. The lowest BCUT2D eigenvalue weighted by Gasteiger charge is -2.52. The van der Waals surface area contributed by atoms with Crippen LogP contribution >= 0.6 is 0 Å². The van der Waals surface area contributed by atoms with Crippen LogP contribution in [0.5, 0.6) is 23.0 Å². The molecular formula is C34H40N2O9. The Morgan fingerprint density at radius 3 is 2.40 bits per heavy atom. The van der Waals surface area contributed by atoms with E-state index in [4.69, 9.17) is 28.4 Å². The van der Waals surface area contributed by atoms with Gasteiger partial charge in [-0.2, -0.15) is 0 Å². The highest BCUT2D eigenvalue weighted by Crippen LogP contribution is 2.50. The molecule has 3 heterocycles. The number of aliphatic hydroxyl groups is 1. The zero-order valence-corrected chi connectivity index (χ0v) is 26.2. The first-order valence-corrected chi connectivity index (χ1v) is 15.2. The molecule has 0 radical (unpaired) electrons. The molecule has 0 amide bonds. The molecule has 0 unspecified atom stereocenters. The molecule has 1 saturated heterocycles. The summed E-state index contributed by atoms with van der Waals surface area (Å²) in [5, 5.41) is 12.7. The van der Waals surface area contributed by atoms with E-state index < -0.39 is 30.1 Å². The number of ether oxygens (including phenoxy) is 6. The summed E-state index contributed by atoms with van der Waals surface area (Å²) in [6.07, 6.45) is 2.85. The maximum atomic E-state index is 13.2. The van der Waals surface area contributed by atoms with Crippen molar-refractivity contribution in [1.82, 2.24) is 9.88 Å². The Labute approximate surface area is 262 Å². The molecule has 2 fully saturated rings. The average Bonchev–Trinajstić information content (AvgIpc) is 3.44. The molecule has 1 aromatic heterocycles. The molecule has 3 aliphatic rings. The fourth-order valence-electron chi connectivity index (χ4n) is 7.63. The van der Waals surface area contributed by atoms with Crippen LogP contribution in [0.4, 0.5) is 0 Å². The largest absolute Gasteiger partial charge is 0.497 e. The Bertz CT molecular complexity index is 1590. The van der Waals surface area contributed by atoms with Crippen molar-refractivity contribution in [1.29, 1.82) is 0 Å². The van der Waals surface area contributed by atoms with Crippen molar-refractivity contribution in [2.75, 3.05) is 48.6 Å². The molecule has 0 spiro atoms. The average molecular weight is 621 g/mol. The van der Waals surface area contributed by atoms with Gasteiger partial charge in [-0.05, 0) is 72.6 Å². The predicted octanol–water partition coefficient (Wildman–Crippen LogP) is 3.92. The van der Waals surface area contributed by atoms with E-state index in [1.54, 1.807) is 25.3 Å². The molecular weight excluding hydrogens is 580 g/mol. The second-order valence-electron chi connectivity index (χ2n) is 11.9. The lowest BCUT2D eigenvalue weighted by atomic mass is 9.64. The molecule has 6 rings (SSSR count). The molecule has 6 atom stereocenters. The molecule has 1 aliphatic carbocycles. The number of benzene rings is 2. The van der Waals surface area contributed by atoms with Crippen molar-refractivity contribution in [2.45, 2.75) is 37.5 Å². The Morgan fingerprint density at radius 2 is 1.73 bits per heavy atom. The number of carbonyl (C=O) groups excluding carboxylic acids is 2. The van der Waals surface area contributed by atoms with Gasteiger partial charge in [0.05, 0.1) is 47.5 Å². The molecule has 2 aliphatic heterocycles. The van der Waals surface area contributed by atoms with Crippen LogP contribution < -0.4 is 18.9 Å². The molecule has 11 nitrogen and oxygen atoms in total. The topological polar surface area (TPSA) is 129 Å². The van der Waals surface area contributed by atoms with Crippen LogP contribution in [0.2, 0.25) is 0 Å². The minimum atomic E-state index is -1.20. The van der Waals surface area contributed by atoms with Gasteiger partial charge in [0.1, 0.15) is 18.0 Å². The van der Waals surface area contributed by atoms with Crippen molar-refractivity contribution in [3.63, 3.8) is 0 Å². The smallest absolute Gasteiger partial charge is 0.331 e. The third-order valence-electron chi connectivity index (χ3n) is 9.72. The lowest BCUT2D eigenvalue weighted by molar-refractivity contribution is -0.182. The number of aromatic amines is 1. The van der Waals surface area contributed by atoms with Crippen molar-refractivity contribution < 1.29 is 43.1 Å². The third-order valence-corrected chi connectivity index (χ3v) is 9.72. The lowest BCUT2D eigenvalue weighted by Crippen LogP contribution is -2.58. The standard InChI is InChI=1S/C34H40N2O9/c1-40-20-7-8-21-22-10-11-36-17-19-14-26(45-29(37)9-6-18-12-27(41-2)33(43-4)28(13-18)42-3)32(38)30(34(39)44-5)23(19)16-25(36)31(22)35-24(21)15-20/h6-9,12-13,15,19,23,25-26,30,32,35,38H,10-11,14,16-17H2,1-5H3/t19-,23+,25+,26-,30+,32-/m1/s1. The van der Waals surface area contributed by atoms with E-state index >= 15 is 0 Å². The molecule has 1 saturated carbocycles. The van der Waals surface area contributed by atoms with E-state index in [2.05, 4.69) is 16.0 Å². The van der Waals surface area contributed by atoms with Crippen LogP contribution in [0.3, 0.4) is 0 Å². The first-order valence-electron chi connectivity index (χ1n) is 15.2. The molecule has 2 aromatic carbocycles. The molecule has 0 bridgehead atoms. The normalized spacial score (nSPS) is 26.0. The monoisotopic (exact) mass is 620 g/mol. The first-order chi connectivity index (χ1) is 21.8. The van der Waals surface area contributed by atoms with Gasteiger partial charge in [0.2, 0.25) is 5.75 Å². The molecule has 2 N–H and O–H groups in total. The van der Waals surface area contributed by atoms with Gasteiger partial charge in [-0.3, -0.25) is 9.69 Å². The van der Waals surface area contributed by atoms with Crippen LogP contribution in [0.1, 0.15) is 35.7 Å². The number of fused-ring (bicyclic) bond motifs is 6. The van der Waals surface area contributed by atoms with Crippen molar-refractivity contribution in [2.24, 2.45) is 17.8 Å². The van der Waals surface area contributed by atoms with Gasteiger partial charge >= 0.3 is 11.9 Å². The van der Waals surface area contributed by atoms with Crippen LogP contribution in [0.25, 0.3) is 17.0 Å². The van der Waals surface area contributed by atoms with Crippen molar-refractivity contribution in [3.8, 4) is 23.0 Å². The zero-order valence-electron chi connectivity index (χ0n) is 26.2. The molecule has 240 valence electrons. The number of carbonyl (C=O) groups is 2. The summed E-state index contributed by atoms with van der Waals surface area (Å²) in [5.41, 5.74) is 4.12. The van der Waals surface area contributed by atoms with Gasteiger partial charge in [0.25, 0.3) is 0 Å². The number of methoxy groups -OCH3 is 5. The molecule has 45 heavy (non-hydrogen) atoms. The van der Waals surface area contributed by atoms with Crippen LogP contribution in [-0.4, -0.2) is 87.8 Å². The van der Waals surface area contributed by atoms with Crippen LogP contribution in [0.15, 0.2) is 36.4 Å². The quantitative estimate of drug-likeness (QED) is 0.283. The minimum Gasteiger partial charge on any atom is -0.497 e. The number of nitrogens with one attached hydrogen (secondary N) is 1. The third kappa shape index (κ3) is 5.59. The van der Waals surface area contributed by atoms with Gasteiger partial charge in [-0.15, -0.1) is 0 Å². The van der Waals surface area contributed by atoms with E-state index in [1.807, 2.05) is 12.1 Å². The first kappa shape index (κ1) is 30.8. The van der Waals surface area contributed by atoms with Gasteiger partial charge < -0.3 is 38.5 Å². The summed E-state index contributed by atoms with van der Waals surface area (Å²) in [5.74, 6) is 0.111. The number of hydrogen-bond acceptors (Lipinski definition) is 10. The highest BCUT2D eigenvalue weighted by atomic mass is 16.6. The van der Waals surface area contributed by atoms with Crippen LogP contribution in [0, 0.1) is 17.8 Å². The minimum absolute atomic E-state index is 0.0386. The number of H-pyrrole nitrogens is 1. The molecule has 3 aromatic rings. The number of piperidine rings is 1. The highest BCUT2D eigenvalue weighted by Gasteiger charge is 2.53. The van der Waals surface area contributed by atoms with E-state index in [9.17, 15) is 14.7 Å². The fourth-order valence-corrected chi connectivity index (χ4v) is 7.63. The Kier molecular flexibility index (Phi) is 8.65. The van der Waals surface area contributed by atoms with Crippen molar-refractivity contribution >= 4 is 28.9 Å². The fraction of sp³-hybridized carbons (Fsp3) is 0.471. The number of nitrogens with zero attached hydrogens (tertiary/aromatic N) is 1. The molecule has 11 heteroatoms. The van der Waals surface area contributed by atoms with E-state index in [-0.39, 0.29) is 17.9 Å². The number of aliphatic hydroxyl groups excluding tert-OH is 1. The highest BCUT2D eigenvalue weighted by molar-refractivity contribution is 5.88. The summed E-state index contributed by atoms with van der Waals surface area (Å²) < 4.78 is 32.6. The van der Waals surface area contributed by atoms with Gasteiger partial charge in [-0.1, -0.05) is 0 Å². The SMILES string of the molecule is COC(=O)[C@@H]1[C@H](O)[C@H](OC(=O)C=Cc2cc(OC)c(OC)c(OC)c2)C[C@@H]2CN3CCc4c([nH]c5cc(OC)ccc45)[C@@H]3C[C@@H]21. The van der Waals surface area contributed by atoms with Gasteiger partial charge in [-0.25, -0.2) is 4.79 Å². The van der Waals surface area contributed by atoms with E-state index in [0.29, 0.717) is 35.7 Å². The maximum Gasteiger partial charge on any atom is 0.331 e. The number of rotatable bonds is 8. The Hall–Kier alpha value is -4.22. The number of aromatic nitrogens is 1. The summed E-state index contributed by atoms with van der Waals surface area (Å²) in [4.78, 5) is 32.3. The Balaban J connectivity index is 1.21. The van der Waals surface area contributed by atoms with Gasteiger partial charge in [0.15, 0.2) is 11.5 Å². The number of esters is 2. The van der Waals surface area contributed by atoms with E-state index in [1.165, 1.54) is 45.5 Å². The predicted molar refractivity (Wildman–Crippen MR) is 166 cm³/mol. The second-order valence-corrected chi connectivity index (χ2v) is 11.9. The Morgan fingerprint density at radius 1 is 0.978 bits per heavy atom. The summed E-state index contributed by atoms with van der Waals surface area (Å²) in [6.45, 7) is 1.61. The summed E-state index contributed by atoms with van der Waals surface area (Å²) in [6, 6.07) is 9.59. The maximum absolute atomic E-state index is 13.2. The zero-order chi connectivity index (χ0) is 31.8. The second kappa shape index (κ2) is 12.6. The summed E-state index contributed by atoms with van der Waals surface area (Å²) >= 11 is 0. The van der Waals surface area contributed by atoms with Crippen LogP contribution in [-0.2, 0) is 25.5 Å². The van der Waals surface area contributed by atoms with Gasteiger partial charge in [0, 0.05) is 41.8 Å². The number of hydrogen-bond donors (Lipinski definition) is 2. The van der Waals surface area contributed by atoms with E-state index in [0.717, 1.165) is 36.5 Å².